The van der Waals surface area contributed by atoms with Crippen LogP contribution in [0.25, 0.3) is 12.2 Å². The van der Waals surface area contributed by atoms with Gasteiger partial charge in [-0.15, -0.1) is 0 Å². The number of rotatable bonds is 2. The van der Waals surface area contributed by atoms with Crippen LogP contribution in [-0.4, -0.2) is 0 Å². The lowest BCUT2D eigenvalue weighted by Gasteiger charge is -1.86. The second-order valence-corrected chi connectivity index (χ2v) is 2.38. The minimum Gasteiger partial charge on any atom is -0.461 e. The van der Waals surface area contributed by atoms with Gasteiger partial charge in [0.15, 0.2) is 0 Å². The largest absolute Gasteiger partial charge is 0.461 e. The monoisotopic (exact) mass is 178 g/mol. The zero-order valence-corrected chi connectivity index (χ0v) is 8.92. The molecule has 0 saturated carbocycles. The molecule has 13 heavy (non-hydrogen) atoms. The maximum absolute atomic E-state index is 5.39. The van der Waals surface area contributed by atoms with Crippen LogP contribution in [0.1, 0.15) is 37.9 Å². The third-order valence-electron chi connectivity index (χ3n) is 1.45. The van der Waals surface area contributed by atoms with Gasteiger partial charge >= 0.3 is 0 Å². The molecule has 1 nitrogen and oxygen atoms in total. The molecule has 0 aliphatic carbocycles. The summed E-state index contributed by atoms with van der Waals surface area (Å²) in [6.07, 6.45) is 5.68. The van der Waals surface area contributed by atoms with E-state index < -0.39 is 0 Å². The number of furan rings is 1. The molecule has 0 bridgehead atoms. The van der Waals surface area contributed by atoms with E-state index in [1.807, 2.05) is 45.9 Å². The summed E-state index contributed by atoms with van der Waals surface area (Å²) in [5.41, 5.74) is 1.06. The highest BCUT2D eigenvalue weighted by molar-refractivity contribution is 5.60. The molecule has 0 unspecified atom stereocenters. The highest BCUT2D eigenvalue weighted by Gasteiger charge is 2.00. The van der Waals surface area contributed by atoms with Crippen molar-refractivity contribution in [2.45, 2.75) is 27.7 Å². The van der Waals surface area contributed by atoms with Gasteiger partial charge in [-0.1, -0.05) is 32.6 Å². The molecule has 0 N–H and O–H groups in total. The Hall–Kier alpha value is -1.24. The van der Waals surface area contributed by atoms with E-state index >= 15 is 0 Å². The van der Waals surface area contributed by atoms with E-state index in [-0.39, 0.29) is 0 Å². The Morgan fingerprint density at radius 3 is 2.46 bits per heavy atom. The molecule has 0 aromatic carbocycles. The molecular weight excluding hydrogens is 160 g/mol. The number of aryl methyl sites for hydroxylation is 1. The Bertz CT molecular complexity index is 279. The van der Waals surface area contributed by atoms with Crippen LogP contribution in [0.2, 0.25) is 0 Å². The molecule has 1 heteroatoms. The SMILES string of the molecule is C=Cc1cc(C)oc1/C=C\C.CC. The smallest absolute Gasteiger partial charge is 0.133 e. The van der Waals surface area contributed by atoms with Crippen molar-refractivity contribution in [3.8, 4) is 0 Å². The third-order valence-corrected chi connectivity index (χ3v) is 1.45. The fourth-order valence-corrected chi connectivity index (χ4v) is 0.993. The van der Waals surface area contributed by atoms with Crippen LogP contribution < -0.4 is 0 Å². The van der Waals surface area contributed by atoms with E-state index in [0.29, 0.717) is 0 Å². The maximum atomic E-state index is 5.39. The van der Waals surface area contributed by atoms with Crippen molar-refractivity contribution in [1.82, 2.24) is 0 Å². The topological polar surface area (TPSA) is 13.1 Å². The average molecular weight is 178 g/mol. The van der Waals surface area contributed by atoms with Crippen molar-refractivity contribution in [2.24, 2.45) is 0 Å². The standard InChI is InChI=1S/C10H12O.C2H6/c1-4-6-10-9(5-2)7-8(3)11-10;1-2/h4-7H,2H2,1,3H3;1-2H3/b6-4-;. The summed E-state index contributed by atoms with van der Waals surface area (Å²) in [6.45, 7) is 11.6. The Kier molecular flexibility index (Phi) is 5.69. The van der Waals surface area contributed by atoms with Crippen LogP contribution >= 0.6 is 0 Å². The van der Waals surface area contributed by atoms with Gasteiger partial charge in [0.25, 0.3) is 0 Å². The van der Waals surface area contributed by atoms with Gasteiger partial charge in [0.1, 0.15) is 11.5 Å². The van der Waals surface area contributed by atoms with Crippen molar-refractivity contribution in [2.75, 3.05) is 0 Å². The van der Waals surface area contributed by atoms with Crippen LogP contribution in [0.15, 0.2) is 23.1 Å². The van der Waals surface area contributed by atoms with Crippen molar-refractivity contribution < 1.29 is 4.42 Å². The van der Waals surface area contributed by atoms with E-state index in [9.17, 15) is 0 Å². The molecule has 0 fully saturated rings. The Labute approximate surface area is 80.8 Å². The van der Waals surface area contributed by atoms with Crippen LogP contribution in [-0.2, 0) is 0 Å². The summed E-state index contributed by atoms with van der Waals surface area (Å²) in [7, 11) is 0. The lowest BCUT2D eigenvalue weighted by molar-refractivity contribution is 0.524. The first-order chi connectivity index (χ1) is 6.27. The first-order valence-corrected chi connectivity index (χ1v) is 4.63. The molecule has 1 rings (SSSR count). The fraction of sp³-hybridized carbons (Fsp3) is 0.333. The van der Waals surface area contributed by atoms with Gasteiger partial charge in [-0.25, -0.2) is 0 Å². The van der Waals surface area contributed by atoms with Gasteiger partial charge in [-0.2, -0.15) is 0 Å². The zero-order chi connectivity index (χ0) is 10.3. The van der Waals surface area contributed by atoms with Crippen LogP contribution in [0.5, 0.6) is 0 Å². The number of hydrogen-bond donors (Lipinski definition) is 0. The lowest BCUT2D eigenvalue weighted by atomic mass is 10.2. The van der Waals surface area contributed by atoms with Gasteiger partial charge in [0, 0.05) is 5.56 Å². The lowest BCUT2D eigenvalue weighted by Crippen LogP contribution is -1.67. The van der Waals surface area contributed by atoms with Gasteiger partial charge in [-0.3, -0.25) is 0 Å². The van der Waals surface area contributed by atoms with Crippen molar-refractivity contribution in [1.29, 1.82) is 0 Å². The Morgan fingerprint density at radius 2 is 2.00 bits per heavy atom. The average Bonchev–Trinajstić information content (AvgIpc) is 2.50. The molecule has 0 saturated heterocycles. The summed E-state index contributed by atoms with van der Waals surface area (Å²) >= 11 is 0. The van der Waals surface area contributed by atoms with E-state index in [4.69, 9.17) is 4.42 Å². The Balaban J connectivity index is 0.000000671. The fourth-order valence-electron chi connectivity index (χ4n) is 0.993. The first-order valence-electron chi connectivity index (χ1n) is 4.63. The van der Waals surface area contributed by atoms with Crippen LogP contribution in [0, 0.1) is 6.92 Å². The van der Waals surface area contributed by atoms with Crippen molar-refractivity contribution in [3.05, 3.63) is 35.8 Å². The van der Waals surface area contributed by atoms with Crippen LogP contribution in [0.4, 0.5) is 0 Å². The Morgan fingerprint density at radius 1 is 1.38 bits per heavy atom. The predicted molar refractivity (Wildman–Crippen MR) is 59.6 cm³/mol. The van der Waals surface area contributed by atoms with Gasteiger partial charge in [0.05, 0.1) is 0 Å². The molecule has 1 heterocycles. The van der Waals surface area contributed by atoms with Gasteiger partial charge in [0.2, 0.25) is 0 Å². The third kappa shape index (κ3) is 3.32. The maximum Gasteiger partial charge on any atom is 0.133 e. The summed E-state index contributed by atoms with van der Waals surface area (Å²) in [5.74, 6) is 1.81. The molecule has 72 valence electrons. The quantitative estimate of drug-likeness (QED) is 0.658. The minimum absolute atomic E-state index is 0.889. The normalized spacial score (nSPS) is 9.54. The molecular formula is C12H18O. The predicted octanol–water partition coefficient (Wildman–Crippen LogP) is 4.29. The zero-order valence-electron chi connectivity index (χ0n) is 8.92. The minimum atomic E-state index is 0.889. The van der Waals surface area contributed by atoms with Crippen LogP contribution in [0.3, 0.4) is 0 Å². The summed E-state index contributed by atoms with van der Waals surface area (Å²) in [5, 5.41) is 0. The molecule has 0 radical (unpaired) electrons. The van der Waals surface area contributed by atoms with Crippen molar-refractivity contribution >= 4 is 12.2 Å². The number of allylic oxidation sites excluding steroid dienone is 1. The summed E-state index contributed by atoms with van der Waals surface area (Å²) in [4.78, 5) is 0. The summed E-state index contributed by atoms with van der Waals surface area (Å²) in [6, 6.07) is 1.97. The van der Waals surface area contributed by atoms with Gasteiger partial charge < -0.3 is 4.42 Å². The van der Waals surface area contributed by atoms with Crippen molar-refractivity contribution in [3.63, 3.8) is 0 Å². The second-order valence-electron chi connectivity index (χ2n) is 2.38. The van der Waals surface area contributed by atoms with E-state index in [1.165, 1.54) is 0 Å². The molecule has 1 aromatic rings. The molecule has 0 aliphatic heterocycles. The number of hydrogen-bond acceptors (Lipinski definition) is 1. The first kappa shape index (κ1) is 11.8. The molecule has 0 aliphatic rings. The highest BCUT2D eigenvalue weighted by atomic mass is 16.3. The highest BCUT2D eigenvalue weighted by Crippen LogP contribution is 2.17. The molecule has 0 spiro atoms. The summed E-state index contributed by atoms with van der Waals surface area (Å²) < 4.78 is 5.39. The molecule has 0 atom stereocenters. The van der Waals surface area contributed by atoms with E-state index in [1.54, 1.807) is 6.08 Å². The molecule has 1 aromatic heterocycles. The second kappa shape index (κ2) is 6.30. The van der Waals surface area contributed by atoms with E-state index in [2.05, 4.69) is 6.58 Å². The van der Waals surface area contributed by atoms with E-state index in [0.717, 1.165) is 17.1 Å². The molecule has 0 amide bonds. The van der Waals surface area contributed by atoms with Gasteiger partial charge in [-0.05, 0) is 26.0 Å².